The van der Waals surface area contributed by atoms with Gasteiger partial charge in [-0.1, -0.05) is 37.2 Å². The monoisotopic (exact) mass is 417 g/mol. The van der Waals surface area contributed by atoms with Gasteiger partial charge in [0.2, 0.25) is 5.91 Å². The van der Waals surface area contributed by atoms with Crippen molar-refractivity contribution < 1.29 is 4.79 Å². The molecule has 2 aromatic heterocycles. The van der Waals surface area contributed by atoms with Gasteiger partial charge in [-0.05, 0) is 30.2 Å². The fraction of sp³-hybridized carbons (Fsp3) is 0.368. The van der Waals surface area contributed by atoms with E-state index in [0.29, 0.717) is 39.4 Å². The molecule has 0 saturated carbocycles. The molecule has 7 nitrogen and oxygen atoms in total. The van der Waals surface area contributed by atoms with Crippen LogP contribution >= 0.6 is 23.4 Å². The molecule has 0 bridgehead atoms. The molecule has 1 aromatic carbocycles. The van der Waals surface area contributed by atoms with Crippen LogP contribution in [0.15, 0.2) is 40.4 Å². The summed E-state index contributed by atoms with van der Waals surface area (Å²) in [5, 5.41) is 8.94. The lowest BCUT2D eigenvalue weighted by atomic mass is 10.2. The van der Waals surface area contributed by atoms with E-state index >= 15 is 0 Å². The highest BCUT2D eigenvalue weighted by molar-refractivity contribution is 7.99. The lowest BCUT2D eigenvalue weighted by molar-refractivity contribution is -0.121. The Bertz CT molecular complexity index is 1090. The topological polar surface area (TPSA) is 81.8 Å². The highest BCUT2D eigenvalue weighted by atomic mass is 35.5. The van der Waals surface area contributed by atoms with Gasteiger partial charge in [0, 0.05) is 23.7 Å². The second-order valence-corrected chi connectivity index (χ2v) is 8.63. The van der Waals surface area contributed by atoms with E-state index in [0.717, 1.165) is 5.69 Å². The number of hydrogen-bond acceptors (Lipinski definition) is 5. The molecule has 1 atom stereocenters. The molecule has 1 aliphatic heterocycles. The van der Waals surface area contributed by atoms with Crippen LogP contribution in [0.5, 0.6) is 0 Å². The molecule has 1 N–H and O–H groups in total. The van der Waals surface area contributed by atoms with E-state index in [1.807, 2.05) is 26.0 Å². The number of nitrogens with zero attached hydrogens (tertiary/aromatic N) is 4. The molecule has 3 aromatic rings. The van der Waals surface area contributed by atoms with E-state index < -0.39 is 0 Å². The maximum Gasteiger partial charge on any atom is 0.265 e. The SMILES string of the molecule is CC(C)CNC(=O)CC1CSc2nc3c(cnn3-c3ccc(Cl)cc3)c(=O)n21. The van der Waals surface area contributed by atoms with Crippen LogP contribution in [-0.2, 0) is 4.79 Å². The number of carbonyl (C=O) groups excluding carboxylic acids is 1. The van der Waals surface area contributed by atoms with Gasteiger partial charge in [0.25, 0.3) is 5.56 Å². The Morgan fingerprint density at radius 2 is 2.11 bits per heavy atom. The number of carbonyl (C=O) groups is 1. The molecule has 1 aliphatic rings. The highest BCUT2D eigenvalue weighted by Crippen LogP contribution is 2.33. The number of thioether (sulfide) groups is 1. The van der Waals surface area contributed by atoms with Gasteiger partial charge in [-0.25, -0.2) is 9.67 Å². The molecule has 0 aliphatic carbocycles. The Morgan fingerprint density at radius 1 is 1.36 bits per heavy atom. The van der Waals surface area contributed by atoms with Gasteiger partial charge in [-0.3, -0.25) is 14.2 Å². The summed E-state index contributed by atoms with van der Waals surface area (Å²) in [5.41, 5.74) is 1.13. The minimum atomic E-state index is -0.199. The standard InChI is InChI=1S/C19H20ClN5O2S/c1-11(2)8-21-16(26)7-14-10-28-19-23-17-15(18(27)24(14)19)9-22-25(17)13-5-3-12(20)4-6-13/h3-6,9,11,14H,7-8,10H2,1-2H3,(H,21,26). The van der Waals surface area contributed by atoms with Gasteiger partial charge < -0.3 is 5.32 Å². The largest absolute Gasteiger partial charge is 0.356 e. The first kappa shape index (κ1) is 19.0. The van der Waals surface area contributed by atoms with Crippen LogP contribution in [0.25, 0.3) is 16.7 Å². The van der Waals surface area contributed by atoms with Crippen molar-refractivity contribution in [1.82, 2.24) is 24.6 Å². The summed E-state index contributed by atoms with van der Waals surface area (Å²) in [6, 6.07) is 7.00. The number of fused-ring (bicyclic) bond motifs is 2. The first-order valence-electron chi connectivity index (χ1n) is 9.09. The lowest BCUT2D eigenvalue weighted by Crippen LogP contribution is -2.32. The maximum absolute atomic E-state index is 13.1. The number of rotatable bonds is 5. The summed E-state index contributed by atoms with van der Waals surface area (Å²) >= 11 is 7.45. The van der Waals surface area contributed by atoms with Gasteiger partial charge in [0.15, 0.2) is 10.8 Å². The molecule has 0 saturated heterocycles. The summed E-state index contributed by atoms with van der Waals surface area (Å²) in [4.78, 5) is 30.0. The van der Waals surface area contributed by atoms with Crippen LogP contribution in [0.4, 0.5) is 0 Å². The molecule has 0 spiro atoms. The summed E-state index contributed by atoms with van der Waals surface area (Å²) in [6.07, 6.45) is 1.80. The summed E-state index contributed by atoms with van der Waals surface area (Å²) in [6.45, 7) is 4.72. The quantitative estimate of drug-likeness (QED) is 0.645. The Morgan fingerprint density at radius 3 is 2.82 bits per heavy atom. The summed E-state index contributed by atoms with van der Waals surface area (Å²) < 4.78 is 3.27. The smallest absolute Gasteiger partial charge is 0.265 e. The number of aromatic nitrogens is 4. The number of halogens is 1. The van der Waals surface area contributed by atoms with Gasteiger partial charge in [0.05, 0.1) is 17.9 Å². The van der Waals surface area contributed by atoms with E-state index in [1.165, 1.54) is 18.0 Å². The van der Waals surface area contributed by atoms with Crippen molar-refractivity contribution in [2.24, 2.45) is 5.92 Å². The number of benzene rings is 1. The molecule has 9 heteroatoms. The highest BCUT2D eigenvalue weighted by Gasteiger charge is 2.29. The molecule has 4 rings (SSSR count). The first-order chi connectivity index (χ1) is 13.4. The van der Waals surface area contributed by atoms with Crippen molar-refractivity contribution in [2.45, 2.75) is 31.5 Å². The summed E-state index contributed by atoms with van der Waals surface area (Å²) in [5.74, 6) is 0.992. The second kappa shape index (κ2) is 7.60. The normalized spacial score (nSPS) is 15.9. The molecule has 1 amide bonds. The minimum absolute atomic E-state index is 0.0454. The van der Waals surface area contributed by atoms with Crippen molar-refractivity contribution in [3.63, 3.8) is 0 Å². The van der Waals surface area contributed by atoms with Crippen LogP contribution in [0, 0.1) is 5.92 Å². The third-order valence-electron chi connectivity index (χ3n) is 4.57. The van der Waals surface area contributed by atoms with E-state index in [4.69, 9.17) is 11.6 Å². The molecule has 0 radical (unpaired) electrons. The number of nitrogens with one attached hydrogen (secondary N) is 1. The zero-order valence-electron chi connectivity index (χ0n) is 15.6. The second-order valence-electron chi connectivity index (χ2n) is 7.21. The van der Waals surface area contributed by atoms with E-state index in [9.17, 15) is 9.59 Å². The number of hydrogen-bond donors (Lipinski definition) is 1. The van der Waals surface area contributed by atoms with Gasteiger partial charge in [0.1, 0.15) is 5.39 Å². The maximum atomic E-state index is 13.1. The Labute approximate surface area is 171 Å². The van der Waals surface area contributed by atoms with Crippen LogP contribution in [0.3, 0.4) is 0 Å². The zero-order valence-corrected chi connectivity index (χ0v) is 17.1. The Kier molecular flexibility index (Phi) is 5.16. The zero-order chi connectivity index (χ0) is 19.8. The van der Waals surface area contributed by atoms with Gasteiger partial charge >= 0.3 is 0 Å². The van der Waals surface area contributed by atoms with Crippen LogP contribution in [0.1, 0.15) is 26.3 Å². The molecule has 146 valence electrons. The van der Waals surface area contributed by atoms with E-state index in [1.54, 1.807) is 21.4 Å². The van der Waals surface area contributed by atoms with Gasteiger partial charge in [-0.2, -0.15) is 5.10 Å². The van der Waals surface area contributed by atoms with Crippen molar-refractivity contribution >= 4 is 40.3 Å². The average Bonchev–Trinajstić information content (AvgIpc) is 3.26. The van der Waals surface area contributed by atoms with Crippen molar-refractivity contribution in [1.29, 1.82) is 0 Å². The van der Waals surface area contributed by atoms with E-state index in [2.05, 4.69) is 15.4 Å². The molecular formula is C19H20ClN5O2S. The van der Waals surface area contributed by atoms with Crippen LogP contribution < -0.4 is 10.9 Å². The van der Waals surface area contributed by atoms with Crippen molar-refractivity contribution in [3.05, 3.63) is 45.8 Å². The van der Waals surface area contributed by atoms with Crippen molar-refractivity contribution in [3.8, 4) is 5.69 Å². The van der Waals surface area contributed by atoms with Crippen molar-refractivity contribution in [2.75, 3.05) is 12.3 Å². The molecule has 1 unspecified atom stereocenters. The molecule has 28 heavy (non-hydrogen) atoms. The Balaban J connectivity index is 1.67. The number of amides is 1. The third kappa shape index (κ3) is 3.54. The predicted octanol–water partition coefficient (Wildman–Crippen LogP) is 3.04. The average molecular weight is 418 g/mol. The summed E-state index contributed by atoms with van der Waals surface area (Å²) in [7, 11) is 0. The Hall–Kier alpha value is -2.32. The predicted molar refractivity (Wildman–Crippen MR) is 110 cm³/mol. The van der Waals surface area contributed by atoms with E-state index in [-0.39, 0.29) is 23.9 Å². The fourth-order valence-electron chi connectivity index (χ4n) is 3.16. The molecule has 3 heterocycles. The lowest BCUT2D eigenvalue weighted by Gasteiger charge is -2.14. The first-order valence-corrected chi connectivity index (χ1v) is 10.5. The molecular weight excluding hydrogens is 398 g/mol. The van der Waals surface area contributed by atoms with Gasteiger partial charge in [-0.15, -0.1) is 0 Å². The van der Waals surface area contributed by atoms with Crippen LogP contribution in [0.2, 0.25) is 5.02 Å². The minimum Gasteiger partial charge on any atom is -0.356 e. The third-order valence-corrected chi connectivity index (χ3v) is 5.92. The fourth-order valence-corrected chi connectivity index (χ4v) is 4.41. The molecule has 0 fully saturated rings. The van der Waals surface area contributed by atoms with Crippen LogP contribution in [-0.4, -0.2) is 37.5 Å².